The fraction of sp³-hybridized carbons (Fsp3) is 0.514. The van der Waals surface area contributed by atoms with Gasteiger partial charge in [-0.05, 0) is 64.6 Å². The average Bonchev–Trinajstić information content (AvgIpc) is 3.00. The Balaban J connectivity index is 1.32. The summed E-state index contributed by atoms with van der Waals surface area (Å²) in [5, 5.41) is 12.6. The number of rotatable bonds is 5. The minimum absolute atomic E-state index is 0.117. The van der Waals surface area contributed by atoms with Crippen LogP contribution in [0, 0.1) is 11.3 Å². The first kappa shape index (κ1) is 31.3. The predicted octanol–water partition coefficient (Wildman–Crippen LogP) is 6.26. The number of pyridine rings is 1. The second kappa shape index (κ2) is 12.9. The summed E-state index contributed by atoms with van der Waals surface area (Å²) in [6, 6.07) is 16.5. The van der Waals surface area contributed by atoms with Crippen molar-refractivity contribution in [3.05, 3.63) is 58.7 Å². The fourth-order valence-electron chi connectivity index (χ4n) is 6.77. The first-order chi connectivity index (χ1) is 21.6. The Bertz CT molecular complexity index is 1590. The third-order valence-electron chi connectivity index (χ3n) is 9.04. The number of carbonyl (C=O) groups is 1. The summed E-state index contributed by atoms with van der Waals surface area (Å²) < 4.78 is 12.3. The number of anilines is 2. The first-order valence-corrected chi connectivity index (χ1v) is 16.4. The second-order valence-corrected chi connectivity index (χ2v) is 13.9. The molecule has 0 aliphatic carbocycles. The number of ether oxygens (including phenoxy) is 2. The van der Waals surface area contributed by atoms with Crippen molar-refractivity contribution in [2.75, 3.05) is 56.1 Å². The van der Waals surface area contributed by atoms with E-state index in [9.17, 15) is 10.1 Å². The summed E-state index contributed by atoms with van der Waals surface area (Å²) in [6.45, 7) is 10.7. The summed E-state index contributed by atoms with van der Waals surface area (Å²) in [6.07, 6.45) is 2.72. The molecule has 0 unspecified atom stereocenters. The molecule has 9 nitrogen and oxygen atoms in total. The van der Waals surface area contributed by atoms with Gasteiger partial charge in [-0.2, -0.15) is 5.26 Å². The maximum atomic E-state index is 13.1. The molecular formula is C35H43ClN6O3. The number of likely N-dealkylation sites (tertiary alicyclic amines) is 1. The average molecular weight is 631 g/mol. The van der Waals surface area contributed by atoms with E-state index < -0.39 is 5.60 Å². The quantitative estimate of drug-likeness (QED) is 0.326. The number of piperazine rings is 1. The molecule has 45 heavy (non-hydrogen) atoms. The molecule has 0 saturated carbocycles. The van der Waals surface area contributed by atoms with Crippen molar-refractivity contribution in [1.29, 1.82) is 5.26 Å². The number of aromatic nitrogens is 1. The molecule has 2 fully saturated rings. The number of piperidine rings is 1. The lowest BCUT2D eigenvalue weighted by molar-refractivity contribution is 0.0145. The Morgan fingerprint density at radius 1 is 1.04 bits per heavy atom. The van der Waals surface area contributed by atoms with Gasteiger partial charge in [0.1, 0.15) is 11.7 Å². The summed E-state index contributed by atoms with van der Waals surface area (Å²) in [5.74, 6) is 0.641. The molecule has 238 valence electrons. The molecule has 10 heteroatoms. The van der Waals surface area contributed by atoms with Crippen molar-refractivity contribution in [2.45, 2.75) is 70.7 Å². The van der Waals surface area contributed by atoms with Crippen LogP contribution in [0.2, 0.25) is 5.02 Å². The van der Waals surface area contributed by atoms with E-state index in [0.717, 1.165) is 71.8 Å². The second-order valence-electron chi connectivity index (χ2n) is 13.4. The summed E-state index contributed by atoms with van der Waals surface area (Å²) in [4.78, 5) is 26.9. The molecule has 0 radical (unpaired) electrons. The van der Waals surface area contributed by atoms with Crippen molar-refractivity contribution >= 4 is 39.8 Å². The van der Waals surface area contributed by atoms with Gasteiger partial charge in [0.15, 0.2) is 0 Å². The molecular weight excluding hydrogens is 588 g/mol. The molecule has 1 amide bonds. The summed E-state index contributed by atoms with van der Waals surface area (Å²) in [5.41, 5.74) is 3.79. The van der Waals surface area contributed by atoms with E-state index in [1.54, 1.807) is 4.90 Å². The van der Waals surface area contributed by atoms with Crippen LogP contribution in [0.1, 0.15) is 51.3 Å². The highest BCUT2D eigenvalue weighted by molar-refractivity contribution is 6.36. The fourth-order valence-corrected chi connectivity index (χ4v) is 7.05. The zero-order valence-corrected chi connectivity index (χ0v) is 27.5. The van der Waals surface area contributed by atoms with Crippen LogP contribution in [0.4, 0.5) is 16.2 Å². The van der Waals surface area contributed by atoms with Gasteiger partial charge < -0.3 is 29.1 Å². The number of hydrogen-bond acceptors (Lipinski definition) is 8. The number of nitriles is 1. The Labute approximate surface area is 271 Å². The minimum atomic E-state index is -0.601. The van der Waals surface area contributed by atoms with Crippen LogP contribution < -0.4 is 14.5 Å². The van der Waals surface area contributed by atoms with Crippen molar-refractivity contribution in [3.63, 3.8) is 0 Å². The van der Waals surface area contributed by atoms with Gasteiger partial charge in [-0.25, -0.2) is 9.78 Å². The number of carbonyl (C=O) groups excluding carboxylic acids is 1. The Kier molecular flexibility index (Phi) is 8.98. The van der Waals surface area contributed by atoms with Crippen LogP contribution in [0.5, 0.6) is 5.88 Å². The van der Waals surface area contributed by atoms with Gasteiger partial charge in [-0.1, -0.05) is 35.9 Å². The van der Waals surface area contributed by atoms with Gasteiger partial charge in [0.2, 0.25) is 5.88 Å². The Hall–Kier alpha value is -3.74. The number of halogens is 1. The van der Waals surface area contributed by atoms with Gasteiger partial charge in [-0.3, -0.25) is 0 Å². The zero-order chi connectivity index (χ0) is 31.7. The minimum Gasteiger partial charge on any atom is -0.474 e. The van der Waals surface area contributed by atoms with Gasteiger partial charge in [0, 0.05) is 67.7 Å². The van der Waals surface area contributed by atoms with Gasteiger partial charge in [0.05, 0.1) is 35.8 Å². The number of hydrogen-bond donors (Lipinski definition) is 0. The number of nitrogens with zero attached hydrogens (tertiary/aromatic N) is 6. The first-order valence-electron chi connectivity index (χ1n) is 16.0. The summed E-state index contributed by atoms with van der Waals surface area (Å²) in [7, 11) is 2.15. The van der Waals surface area contributed by atoms with Crippen LogP contribution >= 0.6 is 11.6 Å². The Morgan fingerprint density at radius 3 is 2.53 bits per heavy atom. The molecule has 6 rings (SSSR count). The topological polar surface area (TPSA) is 85.2 Å². The zero-order valence-electron chi connectivity index (χ0n) is 26.8. The molecule has 1 atom stereocenters. The van der Waals surface area contributed by atoms with Crippen molar-refractivity contribution in [2.24, 2.45) is 0 Å². The van der Waals surface area contributed by atoms with E-state index in [1.807, 2.05) is 32.9 Å². The van der Waals surface area contributed by atoms with Crippen LogP contribution in [-0.2, 0) is 17.7 Å². The Morgan fingerprint density at radius 2 is 1.80 bits per heavy atom. The van der Waals surface area contributed by atoms with E-state index in [4.69, 9.17) is 26.1 Å². The maximum Gasteiger partial charge on any atom is 0.410 e. The summed E-state index contributed by atoms with van der Waals surface area (Å²) >= 11 is 6.73. The highest BCUT2D eigenvalue weighted by Gasteiger charge is 2.35. The molecule has 4 heterocycles. The van der Waals surface area contributed by atoms with Gasteiger partial charge in [-0.15, -0.1) is 0 Å². The molecule has 1 aromatic heterocycles. The van der Waals surface area contributed by atoms with Crippen molar-refractivity contribution < 1.29 is 14.3 Å². The van der Waals surface area contributed by atoms with Crippen LogP contribution in [0.3, 0.4) is 0 Å². The lowest BCUT2D eigenvalue weighted by Crippen LogP contribution is -2.56. The molecule has 0 N–H and O–H groups in total. The van der Waals surface area contributed by atoms with E-state index in [2.05, 4.69) is 58.1 Å². The number of fused-ring (bicyclic) bond motifs is 2. The lowest BCUT2D eigenvalue weighted by Gasteiger charge is -2.43. The highest BCUT2D eigenvalue weighted by Crippen LogP contribution is 2.38. The van der Waals surface area contributed by atoms with E-state index in [0.29, 0.717) is 32.1 Å². The largest absolute Gasteiger partial charge is 0.474 e. The third kappa shape index (κ3) is 6.92. The SMILES string of the molecule is CN1CCC(Oc2cc(N3CCN(C(=O)OC(C)(C)C)[C@@H](CC#N)C3)c3c(n2)CN(c2cccc4cccc(Cl)c24)CC3)CC1. The van der Waals surface area contributed by atoms with Crippen LogP contribution in [-0.4, -0.2) is 84.9 Å². The predicted molar refractivity (Wildman–Crippen MR) is 178 cm³/mol. The normalized spacial score (nSPS) is 19.7. The van der Waals surface area contributed by atoms with Crippen molar-refractivity contribution in [3.8, 4) is 11.9 Å². The lowest BCUT2D eigenvalue weighted by atomic mass is 9.98. The molecule has 0 bridgehead atoms. The van der Waals surface area contributed by atoms with E-state index >= 15 is 0 Å². The molecule has 0 spiro atoms. The van der Waals surface area contributed by atoms with Crippen LogP contribution in [0.15, 0.2) is 42.5 Å². The molecule has 2 saturated heterocycles. The standard InChI is InChI=1S/C35H43ClN6O3/c1-35(2,3)45-34(43)42-20-19-41(22-25(42)11-15-37)31-21-32(44-26-12-16-39(4)17-13-26)38-29-23-40(18-14-27(29)31)30-10-6-8-24-7-5-9-28(36)33(24)30/h5-10,21,25-26H,11-14,16-20,22-23H2,1-4H3/t25-/m0/s1. The monoisotopic (exact) mass is 630 g/mol. The van der Waals surface area contributed by atoms with E-state index in [-0.39, 0.29) is 24.7 Å². The maximum absolute atomic E-state index is 13.1. The van der Waals surface area contributed by atoms with Crippen molar-refractivity contribution in [1.82, 2.24) is 14.8 Å². The number of benzene rings is 2. The highest BCUT2D eigenvalue weighted by atomic mass is 35.5. The van der Waals surface area contributed by atoms with Gasteiger partial charge >= 0.3 is 6.09 Å². The van der Waals surface area contributed by atoms with E-state index in [1.165, 1.54) is 5.56 Å². The third-order valence-corrected chi connectivity index (χ3v) is 9.35. The molecule has 2 aromatic carbocycles. The van der Waals surface area contributed by atoms with Crippen LogP contribution in [0.25, 0.3) is 10.8 Å². The van der Waals surface area contributed by atoms with Gasteiger partial charge in [0.25, 0.3) is 0 Å². The molecule has 3 aliphatic heterocycles. The smallest absolute Gasteiger partial charge is 0.410 e. The molecule has 3 aliphatic rings. The molecule has 3 aromatic rings. The number of amides is 1.